The molecule has 1 fully saturated rings. The smallest absolute Gasteiger partial charge is 0.335 e. The van der Waals surface area contributed by atoms with Gasteiger partial charge in [0.15, 0.2) is 0 Å². The van der Waals surface area contributed by atoms with Gasteiger partial charge in [0.05, 0.1) is 29.5 Å². The fourth-order valence-electron chi connectivity index (χ4n) is 3.67. The molecule has 0 spiro atoms. The summed E-state index contributed by atoms with van der Waals surface area (Å²) in [6.45, 7) is 5.17. The molecular formula is C23H26N2O5. The van der Waals surface area contributed by atoms with Crippen LogP contribution in [0, 0.1) is 12.8 Å². The van der Waals surface area contributed by atoms with Gasteiger partial charge in [-0.2, -0.15) is 0 Å². The third kappa shape index (κ3) is 4.97. The largest absolute Gasteiger partial charge is 0.478 e. The lowest BCUT2D eigenvalue weighted by Gasteiger charge is -2.34. The number of ether oxygens (including phenoxy) is 1. The van der Waals surface area contributed by atoms with Gasteiger partial charge in [0, 0.05) is 18.7 Å². The molecule has 2 N–H and O–H groups in total. The van der Waals surface area contributed by atoms with Crippen LogP contribution >= 0.6 is 0 Å². The van der Waals surface area contributed by atoms with Crippen LogP contribution < -0.4 is 10.2 Å². The number of carboxylic acids is 1. The number of esters is 1. The number of benzene rings is 2. The van der Waals surface area contributed by atoms with E-state index in [0.29, 0.717) is 36.6 Å². The Balaban J connectivity index is 1.89. The van der Waals surface area contributed by atoms with Gasteiger partial charge in [-0.15, -0.1) is 0 Å². The van der Waals surface area contributed by atoms with Crippen molar-refractivity contribution in [3.05, 3.63) is 59.2 Å². The molecule has 1 heterocycles. The maximum Gasteiger partial charge on any atom is 0.335 e. The average Bonchev–Trinajstić information content (AvgIpc) is 2.74. The summed E-state index contributed by atoms with van der Waals surface area (Å²) in [4.78, 5) is 38.5. The van der Waals surface area contributed by atoms with E-state index in [9.17, 15) is 19.5 Å². The van der Waals surface area contributed by atoms with Crippen LogP contribution in [0.2, 0.25) is 0 Å². The van der Waals surface area contributed by atoms with Gasteiger partial charge in [0.2, 0.25) is 0 Å². The van der Waals surface area contributed by atoms with Crippen molar-refractivity contribution in [2.45, 2.75) is 26.7 Å². The number of nitrogens with zero attached hydrogens (tertiary/aromatic N) is 1. The Morgan fingerprint density at radius 1 is 1.17 bits per heavy atom. The van der Waals surface area contributed by atoms with Crippen molar-refractivity contribution in [2.75, 3.05) is 29.9 Å². The van der Waals surface area contributed by atoms with E-state index >= 15 is 0 Å². The fraction of sp³-hybridized carbons (Fsp3) is 0.348. The zero-order valence-electron chi connectivity index (χ0n) is 17.2. The quantitative estimate of drug-likeness (QED) is 0.705. The van der Waals surface area contributed by atoms with Gasteiger partial charge in [0.1, 0.15) is 0 Å². The van der Waals surface area contributed by atoms with Crippen molar-refractivity contribution in [1.82, 2.24) is 0 Å². The van der Waals surface area contributed by atoms with Crippen LogP contribution in [0.3, 0.4) is 0 Å². The molecule has 0 radical (unpaired) electrons. The number of amides is 1. The van der Waals surface area contributed by atoms with E-state index in [1.54, 1.807) is 31.2 Å². The molecule has 7 heteroatoms. The van der Waals surface area contributed by atoms with Crippen molar-refractivity contribution >= 4 is 29.2 Å². The van der Waals surface area contributed by atoms with Gasteiger partial charge in [-0.25, -0.2) is 4.79 Å². The van der Waals surface area contributed by atoms with Crippen LogP contribution in [0.1, 0.15) is 46.0 Å². The van der Waals surface area contributed by atoms with Crippen LogP contribution in [0.15, 0.2) is 42.5 Å². The van der Waals surface area contributed by atoms with E-state index in [4.69, 9.17) is 4.74 Å². The van der Waals surface area contributed by atoms with Crippen LogP contribution in [-0.2, 0) is 9.53 Å². The minimum Gasteiger partial charge on any atom is -0.478 e. The van der Waals surface area contributed by atoms with Crippen molar-refractivity contribution in [1.29, 1.82) is 0 Å². The molecule has 30 heavy (non-hydrogen) atoms. The Morgan fingerprint density at radius 2 is 1.97 bits per heavy atom. The zero-order chi connectivity index (χ0) is 21.7. The average molecular weight is 410 g/mol. The number of carboxylic acid groups (broad SMARTS) is 1. The summed E-state index contributed by atoms with van der Waals surface area (Å²) in [5.74, 6) is -1.87. The number of anilines is 2. The molecule has 1 aliphatic heterocycles. The summed E-state index contributed by atoms with van der Waals surface area (Å²) in [5.41, 5.74) is 2.62. The first kappa shape index (κ1) is 21.4. The molecule has 0 unspecified atom stereocenters. The zero-order valence-corrected chi connectivity index (χ0v) is 17.2. The standard InChI is InChI=1S/C23H26N2O5/c1-3-30-23(29)18-8-5-11-25(14-18)20-10-9-17(22(27)28)13-19(20)24-21(26)16-7-4-6-15(2)12-16/h4,6-7,9-10,12-13,18H,3,5,8,11,14H2,1-2H3,(H,24,26)(H,27,28)/t18-/m1/s1. The molecule has 1 amide bonds. The highest BCUT2D eigenvalue weighted by Crippen LogP contribution is 2.32. The summed E-state index contributed by atoms with van der Waals surface area (Å²) >= 11 is 0. The van der Waals surface area contributed by atoms with Gasteiger partial charge >= 0.3 is 11.9 Å². The summed E-state index contributed by atoms with van der Waals surface area (Å²) in [6, 6.07) is 11.8. The number of hydrogen-bond donors (Lipinski definition) is 2. The summed E-state index contributed by atoms with van der Waals surface area (Å²) in [7, 11) is 0. The first-order valence-electron chi connectivity index (χ1n) is 10.1. The molecule has 158 valence electrons. The lowest BCUT2D eigenvalue weighted by Crippen LogP contribution is -2.39. The third-order valence-corrected chi connectivity index (χ3v) is 5.15. The van der Waals surface area contributed by atoms with E-state index < -0.39 is 5.97 Å². The number of carbonyl (C=O) groups is 3. The van der Waals surface area contributed by atoms with Gasteiger partial charge in [-0.1, -0.05) is 17.7 Å². The van der Waals surface area contributed by atoms with E-state index in [1.165, 1.54) is 12.1 Å². The Labute approximate surface area is 175 Å². The maximum absolute atomic E-state index is 12.8. The van der Waals surface area contributed by atoms with Crippen molar-refractivity contribution < 1.29 is 24.2 Å². The number of rotatable bonds is 6. The lowest BCUT2D eigenvalue weighted by atomic mass is 9.97. The van der Waals surface area contributed by atoms with Crippen LogP contribution in [0.4, 0.5) is 11.4 Å². The summed E-state index contributed by atoms with van der Waals surface area (Å²) < 4.78 is 5.17. The molecule has 7 nitrogen and oxygen atoms in total. The van der Waals surface area contributed by atoms with E-state index in [0.717, 1.165) is 18.4 Å². The van der Waals surface area contributed by atoms with Crippen molar-refractivity contribution in [3.63, 3.8) is 0 Å². The molecule has 1 atom stereocenters. The van der Waals surface area contributed by atoms with E-state index in [2.05, 4.69) is 5.32 Å². The monoisotopic (exact) mass is 410 g/mol. The first-order valence-corrected chi connectivity index (χ1v) is 10.1. The molecule has 0 aliphatic carbocycles. The highest BCUT2D eigenvalue weighted by molar-refractivity contribution is 6.07. The first-order chi connectivity index (χ1) is 14.4. The predicted octanol–water partition coefficient (Wildman–Crippen LogP) is 3.73. The van der Waals surface area contributed by atoms with Crippen LogP contribution in [0.25, 0.3) is 0 Å². The minimum atomic E-state index is -1.07. The Kier molecular flexibility index (Phi) is 6.72. The number of aromatic carboxylic acids is 1. The van der Waals surface area contributed by atoms with Crippen molar-refractivity contribution in [2.24, 2.45) is 5.92 Å². The molecule has 2 aromatic rings. The number of hydrogen-bond acceptors (Lipinski definition) is 5. The molecule has 1 aliphatic rings. The summed E-state index contributed by atoms with van der Waals surface area (Å²) in [6.07, 6.45) is 1.54. The highest BCUT2D eigenvalue weighted by atomic mass is 16.5. The fourth-order valence-corrected chi connectivity index (χ4v) is 3.67. The molecule has 0 saturated carbocycles. The van der Waals surface area contributed by atoms with Gasteiger partial charge in [-0.05, 0) is 57.0 Å². The molecule has 0 aromatic heterocycles. The van der Waals surface area contributed by atoms with Crippen LogP contribution in [-0.4, -0.2) is 42.6 Å². The van der Waals surface area contributed by atoms with Crippen LogP contribution in [0.5, 0.6) is 0 Å². The lowest BCUT2D eigenvalue weighted by molar-refractivity contribution is -0.148. The predicted molar refractivity (Wildman–Crippen MR) is 114 cm³/mol. The maximum atomic E-state index is 12.8. The molecule has 2 aromatic carbocycles. The SMILES string of the molecule is CCOC(=O)[C@@H]1CCCN(c2ccc(C(=O)O)cc2NC(=O)c2cccc(C)c2)C1. The Bertz CT molecular complexity index is 956. The molecule has 3 rings (SSSR count). The van der Waals surface area contributed by atoms with Gasteiger partial charge < -0.3 is 20.1 Å². The number of carbonyl (C=O) groups excluding carboxylic acids is 2. The van der Waals surface area contributed by atoms with E-state index in [-0.39, 0.29) is 23.4 Å². The topological polar surface area (TPSA) is 95.9 Å². The van der Waals surface area contributed by atoms with E-state index in [1.807, 2.05) is 17.9 Å². The highest BCUT2D eigenvalue weighted by Gasteiger charge is 2.28. The number of piperidine rings is 1. The van der Waals surface area contributed by atoms with Crippen molar-refractivity contribution in [3.8, 4) is 0 Å². The number of nitrogens with one attached hydrogen (secondary N) is 1. The Morgan fingerprint density at radius 3 is 2.67 bits per heavy atom. The van der Waals surface area contributed by atoms with Gasteiger partial charge in [-0.3, -0.25) is 9.59 Å². The second-order valence-corrected chi connectivity index (χ2v) is 7.40. The second kappa shape index (κ2) is 9.43. The molecule has 1 saturated heterocycles. The normalized spacial score (nSPS) is 16.1. The van der Waals surface area contributed by atoms with Gasteiger partial charge in [0.25, 0.3) is 5.91 Å². The minimum absolute atomic E-state index is 0.0808. The molecular weight excluding hydrogens is 384 g/mol. The summed E-state index contributed by atoms with van der Waals surface area (Å²) in [5, 5.41) is 12.2. The number of aryl methyl sites for hydroxylation is 1. The second-order valence-electron chi connectivity index (χ2n) is 7.40. The molecule has 0 bridgehead atoms. The third-order valence-electron chi connectivity index (χ3n) is 5.15. The Hall–Kier alpha value is -3.35.